The highest BCUT2D eigenvalue weighted by Gasteiger charge is 2.17. The minimum absolute atomic E-state index is 0.149. The molecule has 3 nitrogen and oxygen atoms in total. The molecule has 0 heterocycles. The van der Waals surface area contributed by atoms with E-state index in [0.717, 1.165) is 0 Å². The lowest BCUT2D eigenvalue weighted by atomic mass is 10.1. The van der Waals surface area contributed by atoms with E-state index in [1.54, 1.807) is 4.90 Å². The number of benzene rings is 1. The van der Waals surface area contributed by atoms with Gasteiger partial charge < -0.3 is 4.90 Å². The van der Waals surface area contributed by atoms with Gasteiger partial charge in [-0.2, -0.15) is 5.26 Å². The number of halogens is 1. The minimum Gasteiger partial charge on any atom is -0.337 e. The molecule has 0 aromatic heterocycles. The summed E-state index contributed by atoms with van der Waals surface area (Å²) in [6.45, 7) is 4.95. The smallest absolute Gasteiger partial charge is 0.253 e. The van der Waals surface area contributed by atoms with Crippen molar-refractivity contribution in [2.75, 3.05) is 13.1 Å². The Morgan fingerprint density at radius 2 is 2.21 bits per heavy atom. The van der Waals surface area contributed by atoms with E-state index >= 15 is 0 Å². The molecule has 5 heteroatoms. The molecule has 0 fully saturated rings. The first-order valence-electron chi connectivity index (χ1n) is 6.10. The zero-order chi connectivity index (χ0) is 14.4. The van der Waals surface area contributed by atoms with Crippen LogP contribution in [0.5, 0.6) is 0 Å². The molecule has 0 aliphatic carbocycles. The predicted molar refractivity (Wildman–Crippen MR) is 74.6 cm³/mol. The van der Waals surface area contributed by atoms with E-state index in [2.05, 4.69) is 12.6 Å². The first kappa shape index (κ1) is 15.5. The van der Waals surface area contributed by atoms with Gasteiger partial charge in [0.2, 0.25) is 0 Å². The van der Waals surface area contributed by atoms with Gasteiger partial charge in [0.15, 0.2) is 0 Å². The second-order valence-corrected chi connectivity index (χ2v) is 5.20. The van der Waals surface area contributed by atoms with E-state index < -0.39 is 5.82 Å². The number of amides is 1. The summed E-state index contributed by atoms with van der Waals surface area (Å²) in [5.74, 6) is -0.342. The number of nitrogens with zero attached hydrogens (tertiary/aromatic N) is 2. The van der Waals surface area contributed by atoms with E-state index in [1.807, 2.05) is 19.9 Å². The molecule has 1 amide bonds. The molecule has 0 saturated carbocycles. The van der Waals surface area contributed by atoms with Gasteiger partial charge in [-0.25, -0.2) is 4.39 Å². The standard InChI is InChI=1S/C14H17FN2OS/c1-10(2)9-17(7-3-6-16)14(18)11-4-5-12(15)13(19)8-11/h4-5,8,10,19H,3,7,9H2,1-2H3. The highest BCUT2D eigenvalue weighted by Crippen LogP contribution is 2.16. The summed E-state index contributed by atoms with van der Waals surface area (Å²) < 4.78 is 13.1. The number of hydrogen-bond acceptors (Lipinski definition) is 3. The third-order valence-electron chi connectivity index (χ3n) is 2.56. The van der Waals surface area contributed by atoms with Gasteiger partial charge in [-0.1, -0.05) is 13.8 Å². The average Bonchev–Trinajstić information content (AvgIpc) is 2.36. The van der Waals surface area contributed by atoms with Crippen LogP contribution in [-0.4, -0.2) is 23.9 Å². The summed E-state index contributed by atoms with van der Waals surface area (Å²) in [4.78, 5) is 14.1. The number of rotatable bonds is 5. The largest absolute Gasteiger partial charge is 0.337 e. The van der Waals surface area contributed by atoms with E-state index in [0.29, 0.717) is 24.6 Å². The number of thiol groups is 1. The Balaban J connectivity index is 2.91. The second kappa shape index (κ2) is 7.15. The summed E-state index contributed by atoms with van der Waals surface area (Å²) in [5, 5.41) is 8.63. The van der Waals surface area contributed by atoms with Gasteiger partial charge in [-0.05, 0) is 24.1 Å². The molecule has 19 heavy (non-hydrogen) atoms. The lowest BCUT2D eigenvalue weighted by Crippen LogP contribution is -2.35. The molecule has 0 aliphatic rings. The molecule has 0 N–H and O–H groups in total. The first-order valence-corrected chi connectivity index (χ1v) is 6.55. The maximum absolute atomic E-state index is 13.1. The van der Waals surface area contributed by atoms with E-state index in [1.165, 1.54) is 18.2 Å². The maximum atomic E-state index is 13.1. The lowest BCUT2D eigenvalue weighted by molar-refractivity contribution is 0.0739. The third-order valence-corrected chi connectivity index (χ3v) is 2.90. The molecular weight excluding hydrogens is 263 g/mol. The topological polar surface area (TPSA) is 44.1 Å². The Labute approximate surface area is 118 Å². The molecule has 1 aromatic carbocycles. The zero-order valence-corrected chi connectivity index (χ0v) is 12.0. The molecule has 0 saturated heterocycles. The Morgan fingerprint density at radius 3 is 2.74 bits per heavy atom. The van der Waals surface area contributed by atoms with Crippen molar-refractivity contribution >= 4 is 18.5 Å². The normalized spacial score (nSPS) is 10.3. The van der Waals surface area contributed by atoms with Gasteiger partial charge in [0.1, 0.15) is 5.82 Å². The Bertz CT molecular complexity index is 497. The van der Waals surface area contributed by atoms with Gasteiger partial charge >= 0.3 is 0 Å². The summed E-state index contributed by atoms with van der Waals surface area (Å²) in [7, 11) is 0. The quantitative estimate of drug-likeness (QED) is 0.842. The van der Waals surface area contributed by atoms with Crippen molar-refractivity contribution in [1.29, 1.82) is 5.26 Å². The van der Waals surface area contributed by atoms with Gasteiger partial charge in [0.25, 0.3) is 5.91 Å². The molecule has 1 aromatic rings. The van der Waals surface area contributed by atoms with E-state index in [-0.39, 0.29) is 17.2 Å². The third kappa shape index (κ3) is 4.56. The number of hydrogen-bond donors (Lipinski definition) is 1. The second-order valence-electron chi connectivity index (χ2n) is 4.72. The molecule has 102 valence electrons. The molecule has 0 bridgehead atoms. The highest BCUT2D eigenvalue weighted by atomic mass is 32.1. The van der Waals surface area contributed by atoms with Crippen molar-refractivity contribution in [3.63, 3.8) is 0 Å². The van der Waals surface area contributed by atoms with Crippen molar-refractivity contribution in [1.82, 2.24) is 4.90 Å². The van der Waals surface area contributed by atoms with Crippen molar-refractivity contribution in [2.45, 2.75) is 25.2 Å². The SMILES string of the molecule is CC(C)CN(CCC#N)C(=O)c1ccc(F)c(S)c1. The summed E-state index contributed by atoms with van der Waals surface area (Å²) in [6.07, 6.45) is 0.285. The van der Waals surface area contributed by atoms with Crippen molar-refractivity contribution < 1.29 is 9.18 Å². The van der Waals surface area contributed by atoms with Crippen LogP contribution in [-0.2, 0) is 0 Å². The van der Waals surface area contributed by atoms with Crippen LogP contribution < -0.4 is 0 Å². The maximum Gasteiger partial charge on any atom is 0.253 e. The van der Waals surface area contributed by atoms with E-state index in [9.17, 15) is 9.18 Å². The molecule has 1 rings (SSSR count). The van der Waals surface area contributed by atoms with Crippen LogP contribution in [0.15, 0.2) is 23.1 Å². The van der Waals surface area contributed by atoms with Gasteiger partial charge in [-0.15, -0.1) is 12.6 Å². The van der Waals surface area contributed by atoms with E-state index in [4.69, 9.17) is 5.26 Å². The van der Waals surface area contributed by atoms with Crippen LogP contribution in [0.3, 0.4) is 0 Å². The average molecular weight is 280 g/mol. The van der Waals surface area contributed by atoms with Crippen LogP contribution in [0.4, 0.5) is 4.39 Å². The number of carbonyl (C=O) groups is 1. The van der Waals surface area contributed by atoms with Crippen molar-refractivity contribution in [3.05, 3.63) is 29.6 Å². The Hall–Kier alpha value is -1.54. The summed E-state index contributed by atoms with van der Waals surface area (Å²) in [6, 6.07) is 6.12. The lowest BCUT2D eigenvalue weighted by Gasteiger charge is -2.23. The zero-order valence-electron chi connectivity index (χ0n) is 11.1. The summed E-state index contributed by atoms with van der Waals surface area (Å²) >= 11 is 3.97. The van der Waals surface area contributed by atoms with Crippen molar-refractivity contribution in [3.8, 4) is 6.07 Å². The molecule has 0 spiro atoms. The Morgan fingerprint density at radius 1 is 1.53 bits per heavy atom. The molecule has 0 unspecified atom stereocenters. The van der Waals surface area contributed by atoms with Crippen LogP contribution in [0.1, 0.15) is 30.6 Å². The van der Waals surface area contributed by atoms with Crippen LogP contribution in [0.25, 0.3) is 0 Å². The molecule has 0 atom stereocenters. The predicted octanol–water partition coefficient (Wildman–Crippen LogP) is 3.13. The number of nitriles is 1. The van der Waals surface area contributed by atoms with Crippen LogP contribution in [0, 0.1) is 23.1 Å². The number of carbonyl (C=O) groups excluding carboxylic acids is 1. The van der Waals surface area contributed by atoms with Gasteiger partial charge in [0.05, 0.1) is 12.5 Å². The monoisotopic (exact) mass is 280 g/mol. The molecule has 0 radical (unpaired) electrons. The van der Waals surface area contributed by atoms with Gasteiger partial charge in [-0.3, -0.25) is 4.79 Å². The minimum atomic E-state index is -0.452. The summed E-state index contributed by atoms with van der Waals surface area (Å²) in [5.41, 5.74) is 0.394. The van der Waals surface area contributed by atoms with Gasteiger partial charge in [0, 0.05) is 23.5 Å². The molecule has 0 aliphatic heterocycles. The highest BCUT2D eigenvalue weighted by molar-refractivity contribution is 7.80. The molecular formula is C14H17FN2OS. The fraction of sp³-hybridized carbons (Fsp3) is 0.429. The first-order chi connectivity index (χ1) is 8.95. The fourth-order valence-corrected chi connectivity index (χ4v) is 1.94. The van der Waals surface area contributed by atoms with Crippen molar-refractivity contribution in [2.24, 2.45) is 5.92 Å². The Kier molecular flexibility index (Phi) is 5.84. The van der Waals surface area contributed by atoms with Crippen LogP contribution in [0.2, 0.25) is 0 Å². The van der Waals surface area contributed by atoms with Crippen LogP contribution >= 0.6 is 12.6 Å². The fourth-order valence-electron chi connectivity index (χ4n) is 1.73.